The van der Waals surface area contributed by atoms with E-state index in [1.807, 2.05) is 18.2 Å². The van der Waals surface area contributed by atoms with Crippen molar-refractivity contribution < 1.29 is 19.1 Å². The van der Waals surface area contributed by atoms with Crippen LogP contribution in [-0.2, 0) is 4.79 Å². The Kier molecular flexibility index (Phi) is 5.44. The molecule has 1 N–H and O–H groups in total. The summed E-state index contributed by atoms with van der Waals surface area (Å²) < 4.78 is 5.45. The maximum atomic E-state index is 12.3. The van der Waals surface area contributed by atoms with Crippen LogP contribution >= 0.6 is 23.2 Å². The lowest BCUT2D eigenvalue weighted by atomic mass is 10.1. The van der Waals surface area contributed by atoms with Crippen LogP contribution in [0.2, 0.25) is 10.0 Å². The molecular weight excluding hydrogens is 379 g/mol. The standard InChI is InChI=1S/C18H14Cl2N2O4/c19-14-8-12-13(9-15(14)20)18(25)22(17(12)24)10-16(23)21-6-7-26-11-4-2-1-3-5-11/h1-5,8-9H,6-7,10H2,(H,21,23). The van der Waals surface area contributed by atoms with E-state index in [0.717, 1.165) is 4.90 Å². The molecule has 0 unspecified atom stereocenters. The summed E-state index contributed by atoms with van der Waals surface area (Å²) in [7, 11) is 0. The molecule has 0 saturated carbocycles. The molecule has 8 heteroatoms. The first kappa shape index (κ1) is 18.2. The molecule has 1 heterocycles. The average Bonchev–Trinajstić information content (AvgIpc) is 2.85. The number of para-hydroxylation sites is 1. The van der Waals surface area contributed by atoms with Crippen LogP contribution in [0.1, 0.15) is 20.7 Å². The molecule has 1 aliphatic rings. The van der Waals surface area contributed by atoms with E-state index in [-0.39, 0.29) is 40.9 Å². The average molecular weight is 393 g/mol. The van der Waals surface area contributed by atoms with Gasteiger partial charge < -0.3 is 10.1 Å². The Balaban J connectivity index is 1.53. The molecular formula is C18H14Cl2N2O4. The van der Waals surface area contributed by atoms with E-state index in [4.69, 9.17) is 27.9 Å². The number of amides is 3. The molecule has 1 aliphatic heterocycles. The molecule has 0 radical (unpaired) electrons. The summed E-state index contributed by atoms with van der Waals surface area (Å²) in [5.74, 6) is -0.914. The smallest absolute Gasteiger partial charge is 0.262 e. The molecule has 0 fully saturated rings. The van der Waals surface area contributed by atoms with Gasteiger partial charge in [-0.15, -0.1) is 0 Å². The number of carbonyl (C=O) groups excluding carboxylic acids is 3. The number of carbonyl (C=O) groups is 3. The van der Waals surface area contributed by atoms with Gasteiger partial charge in [0.25, 0.3) is 11.8 Å². The van der Waals surface area contributed by atoms with Crippen LogP contribution in [0.4, 0.5) is 0 Å². The quantitative estimate of drug-likeness (QED) is 0.605. The highest BCUT2D eigenvalue weighted by molar-refractivity contribution is 6.43. The van der Waals surface area contributed by atoms with Gasteiger partial charge in [-0.2, -0.15) is 0 Å². The highest BCUT2D eigenvalue weighted by Gasteiger charge is 2.37. The number of imide groups is 1. The minimum atomic E-state index is -0.570. The van der Waals surface area contributed by atoms with E-state index in [1.165, 1.54) is 12.1 Å². The lowest BCUT2D eigenvalue weighted by Gasteiger charge is -2.13. The number of rotatable bonds is 6. The van der Waals surface area contributed by atoms with Gasteiger partial charge >= 0.3 is 0 Å². The number of halogens is 2. The third-order valence-corrected chi connectivity index (χ3v) is 4.47. The van der Waals surface area contributed by atoms with Crippen LogP contribution in [0.3, 0.4) is 0 Å². The topological polar surface area (TPSA) is 75.7 Å². The lowest BCUT2D eigenvalue weighted by molar-refractivity contribution is -0.121. The van der Waals surface area contributed by atoms with Gasteiger partial charge in [0.2, 0.25) is 5.91 Å². The molecule has 134 valence electrons. The Bertz CT molecular complexity index is 830. The van der Waals surface area contributed by atoms with Crippen molar-refractivity contribution in [2.45, 2.75) is 0 Å². The molecule has 26 heavy (non-hydrogen) atoms. The number of hydrogen-bond donors (Lipinski definition) is 1. The SMILES string of the molecule is O=C(CN1C(=O)c2cc(Cl)c(Cl)cc2C1=O)NCCOc1ccccc1. The predicted octanol–water partition coefficient (Wildman–Crippen LogP) is 2.78. The van der Waals surface area contributed by atoms with Gasteiger partial charge in [0.15, 0.2) is 0 Å². The highest BCUT2D eigenvalue weighted by Crippen LogP contribution is 2.31. The molecule has 0 spiro atoms. The van der Waals surface area contributed by atoms with E-state index < -0.39 is 17.7 Å². The van der Waals surface area contributed by atoms with E-state index in [9.17, 15) is 14.4 Å². The van der Waals surface area contributed by atoms with Crippen molar-refractivity contribution >= 4 is 40.9 Å². The zero-order valence-corrected chi connectivity index (χ0v) is 15.0. The fraction of sp³-hybridized carbons (Fsp3) is 0.167. The van der Waals surface area contributed by atoms with Crippen LogP contribution in [0.25, 0.3) is 0 Å². The largest absolute Gasteiger partial charge is 0.492 e. The van der Waals surface area contributed by atoms with Gasteiger partial charge in [0, 0.05) is 0 Å². The molecule has 6 nitrogen and oxygen atoms in total. The fourth-order valence-corrected chi connectivity index (χ4v) is 2.83. The van der Waals surface area contributed by atoms with E-state index in [1.54, 1.807) is 12.1 Å². The lowest BCUT2D eigenvalue weighted by Crippen LogP contribution is -2.41. The Labute approximate surface area is 159 Å². The van der Waals surface area contributed by atoms with E-state index in [2.05, 4.69) is 5.32 Å². The second-order valence-corrected chi connectivity index (χ2v) is 6.33. The van der Waals surface area contributed by atoms with Crippen molar-refractivity contribution in [1.82, 2.24) is 10.2 Å². The van der Waals surface area contributed by atoms with Gasteiger partial charge in [-0.1, -0.05) is 41.4 Å². The molecule has 0 saturated heterocycles. The Morgan fingerprint density at radius 1 is 1.00 bits per heavy atom. The number of nitrogens with zero attached hydrogens (tertiary/aromatic N) is 1. The number of hydrogen-bond acceptors (Lipinski definition) is 4. The van der Waals surface area contributed by atoms with Crippen LogP contribution in [-0.4, -0.2) is 42.3 Å². The number of benzene rings is 2. The van der Waals surface area contributed by atoms with E-state index >= 15 is 0 Å². The van der Waals surface area contributed by atoms with Crippen molar-refractivity contribution in [3.63, 3.8) is 0 Å². The zero-order valence-electron chi connectivity index (χ0n) is 13.5. The minimum Gasteiger partial charge on any atom is -0.492 e. The summed E-state index contributed by atoms with van der Waals surface area (Å²) in [6.07, 6.45) is 0. The number of ether oxygens (including phenoxy) is 1. The molecule has 2 aromatic rings. The monoisotopic (exact) mass is 392 g/mol. The Hall–Kier alpha value is -2.57. The van der Waals surface area contributed by atoms with Crippen molar-refractivity contribution in [2.24, 2.45) is 0 Å². The van der Waals surface area contributed by atoms with E-state index in [0.29, 0.717) is 5.75 Å². The first-order valence-electron chi connectivity index (χ1n) is 7.77. The number of fused-ring (bicyclic) bond motifs is 1. The van der Waals surface area contributed by atoms with Gasteiger partial charge in [-0.3, -0.25) is 19.3 Å². The maximum absolute atomic E-state index is 12.3. The number of nitrogens with one attached hydrogen (secondary N) is 1. The second-order valence-electron chi connectivity index (χ2n) is 5.52. The summed E-state index contributed by atoms with van der Waals surface area (Å²) in [5, 5.41) is 2.96. The zero-order chi connectivity index (χ0) is 18.7. The third kappa shape index (κ3) is 3.81. The Morgan fingerprint density at radius 3 is 2.15 bits per heavy atom. The molecule has 0 bridgehead atoms. The van der Waals surface area contributed by atoms with Crippen molar-refractivity contribution in [2.75, 3.05) is 19.7 Å². The molecule has 2 aromatic carbocycles. The van der Waals surface area contributed by atoms with Crippen LogP contribution in [0.5, 0.6) is 5.75 Å². The van der Waals surface area contributed by atoms with Crippen molar-refractivity contribution in [3.8, 4) is 5.75 Å². The fourth-order valence-electron chi connectivity index (χ4n) is 2.50. The first-order chi connectivity index (χ1) is 12.5. The van der Waals surface area contributed by atoms with Crippen molar-refractivity contribution in [1.29, 1.82) is 0 Å². The molecule has 3 rings (SSSR count). The van der Waals surface area contributed by atoms with Gasteiger partial charge in [-0.25, -0.2) is 0 Å². The first-order valence-corrected chi connectivity index (χ1v) is 8.52. The Morgan fingerprint density at radius 2 is 1.58 bits per heavy atom. The summed E-state index contributed by atoms with van der Waals surface area (Å²) >= 11 is 11.8. The van der Waals surface area contributed by atoms with Crippen LogP contribution < -0.4 is 10.1 Å². The summed E-state index contributed by atoms with van der Waals surface area (Å²) in [5.41, 5.74) is 0.286. The summed E-state index contributed by atoms with van der Waals surface area (Å²) in [6.45, 7) is 0.130. The van der Waals surface area contributed by atoms with Crippen molar-refractivity contribution in [3.05, 3.63) is 63.6 Å². The van der Waals surface area contributed by atoms with Crippen LogP contribution in [0, 0.1) is 0 Å². The molecule has 0 aromatic heterocycles. The predicted molar refractivity (Wildman–Crippen MR) is 96.8 cm³/mol. The molecule has 3 amide bonds. The maximum Gasteiger partial charge on any atom is 0.262 e. The minimum absolute atomic E-state index is 0.143. The summed E-state index contributed by atoms with van der Waals surface area (Å²) in [4.78, 5) is 37.5. The van der Waals surface area contributed by atoms with Gasteiger partial charge in [0.05, 0.1) is 27.7 Å². The molecule has 0 atom stereocenters. The second kappa shape index (κ2) is 7.76. The van der Waals surface area contributed by atoms with Gasteiger partial charge in [0.1, 0.15) is 18.9 Å². The normalized spacial score (nSPS) is 12.9. The summed E-state index contributed by atoms with van der Waals surface area (Å²) in [6, 6.07) is 11.8. The molecule has 0 aliphatic carbocycles. The van der Waals surface area contributed by atoms with Gasteiger partial charge in [-0.05, 0) is 24.3 Å². The third-order valence-electron chi connectivity index (χ3n) is 3.75. The van der Waals surface area contributed by atoms with Crippen LogP contribution in [0.15, 0.2) is 42.5 Å². The highest BCUT2D eigenvalue weighted by atomic mass is 35.5.